The van der Waals surface area contributed by atoms with E-state index in [-0.39, 0.29) is 17.5 Å². The standard InChI is InChI=1S/C19H26BrFN4O2/c20-15-3-4-17(16(21)13-15)22-18(26)5-8-23-9-11-24(12-10-23)14-19(27)25-6-1-2-7-25/h3-4,13H,1-2,5-12,14H2,(H,22,26). The second kappa shape index (κ2) is 9.61. The molecule has 2 fully saturated rings. The molecule has 0 atom stereocenters. The molecule has 148 valence electrons. The second-order valence-corrected chi connectivity index (χ2v) is 8.04. The molecule has 1 N–H and O–H groups in total. The number of anilines is 1. The van der Waals surface area contributed by atoms with E-state index in [0.29, 0.717) is 24.0 Å². The number of amides is 2. The zero-order valence-corrected chi connectivity index (χ0v) is 17.0. The zero-order valence-electron chi connectivity index (χ0n) is 15.4. The van der Waals surface area contributed by atoms with Crippen LogP contribution in [0.25, 0.3) is 0 Å². The molecule has 27 heavy (non-hydrogen) atoms. The number of nitrogens with zero attached hydrogens (tertiary/aromatic N) is 3. The maximum absolute atomic E-state index is 13.8. The minimum absolute atomic E-state index is 0.192. The van der Waals surface area contributed by atoms with Crippen molar-refractivity contribution in [2.24, 2.45) is 0 Å². The summed E-state index contributed by atoms with van der Waals surface area (Å²) in [5.74, 6) is -0.409. The molecule has 0 spiro atoms. The Bertz CT molecular complexity index is 674. The average molecular weight is 441 g/mol. The molecule has 6 nitrogen and oxygen atoms in total. The zero-order chi connectivity index (χ0) is 19.2. The number of carbonyl (C=O) groups excluding carboxylic acids is 2. The highest BCUT2D eigenvalue weighted by atomic mass is 79.9. The average Bonchev–Trinajstić information content (AvgIpc) is 3.18. The van der Waals surface area contributed by atoms with E-state index in [1.54, 1.807) is 12.1 Å². The van der Waals surface area contributed by atoms with Gasteiger partial charge in [-0.1, -0.05) is 15.9 Å². The topological polar surface area (TPSA) is 55.9 Å². The molecule has 2 heterocycles. The van der Waals surface area contributed by atoms with Crippen molar-refractivity contribution in [2.45, 2.75) is 19.3 Å². The third kappa shape index (κ3) is 5.99. The van der Waals surface area contributed by atoms with Crippen molar-refractivity contribution >= 4 is 33.4 Å². The molecule has 0 aliphatic carbocycles. The number of piperazine rings is 1. The van der Waals surface area contributed by atoms with Crippen molar-refractivity contribution in [3.05, 3.63) is 28.5 Å². The maximum atomic E-state index is 13.8. The van der Waals surface area contributed by atoms with Crippen LogP contribution in [0.2, 0.25) is 0 Å². The largest absolute Gasteiger partial charge is 0.342 e. The number of halogens is 2. The van der Waals surface area contributed by atoms with Gasteiger partial charge in [-0.3, -0.25) is 14.5 Å². The van der Waals surface area contributed by atoms with Gasteiger partial charge in [0.25, 0.3) is 0 Å². The predicted molar refractivity (Wildman–Crippen MR) is 106 cm³/mol. The van der Waals surface area contributed by atoms with Gasteiger partial charge in [0.05, 0.1) is 12.2 Å². The van der Waals surface area contributed by atoms with E-state index < -0.39 is 5.82 Å². The Balaban J connectivity index is 1.35. The third-order valence-electron chi connectivity index (χ3n) is 5.14. The van der Waals surface area contributed by atoms with E-state index in [0.717, 1.165) is 52.1 Å². The minimum Gasteiger partial charge on any atom is -0.342 e. The van der Waals surface area contributed by atoms with Gasteiger partial charge in [-0.05, 0) is 31.0 Å². The number of likely N-dealkylation sites (tertiary alicyclic amines) is 1. The highest BCUT2D eigenvalue weighted by molar-refractivity contribution is 9.10. The molecule has 0 radical (unpaired) electrons. The summed E-state index contributed by atoms with van der Waals surface area (Å²) in [5.41, 5.74) is 0.202. The first-order chi connectivity index (χ1) is 13.0. The van der Waals surface area contributed by atoms with Crippen LogP contribution < -0.4 is 5.32 Å². The van der Waals surface area contributed by atoms with Crippen molar-refractivity contribution in [1.82, 2.24) is 14.7 Å². The van der Waals surface area contributed by atoms with Crippen LogP contribution in [-0.2, 0) is 9.59 Å². The van der Waals surface area contributed by atoms with Gasteiger partial charge < -0.3 is 15.1 Å². The number of hydrogen-bond acceptors (Lipinski definition) is 4. The van der Waals surface area contributed by atoms with Crippen LogP contribution in [0.3, 0.4) is 0 Å². The van der Waals surface area contributed by atoms with E-state index in [9.17, 15) is 14.0 Å². The Hall–Kier alpha value is -1.51. The minimum atomic E-state index is -0.450. The van der Waals surface area contributed by atoms with Crippen LogP contribution in [0.4, 0.5) is 10.1 Å². The van der Waals surface area contributed by atoms with E-state index >= 15 is 0 Å². The van der Waals surface area contributed by atoms with Crippen LogP contribution >= 0.6 is 15.9 Å². The fourth-order valence-corrected chi connectivity index (χ4v) is 3.83. The summed E-state index contributed by atoms with van der Waals surface area (Å²) >= 11 is 3.20. The van der Waals surface area contributed by atoms with Gasteiger partial charge in [-0.15, -0.1) is 0 Å². The summed E-state index contributed by atoms with van der Waals surface area (Å²) in [5, 5.41) is 2.62. The lowest BCUT2D eigenvalue weighted by Crippen LogP contribution is -2.50. The van der Waals surface area contributed by atoms with Crippen molar-refractivity contribution in [3.63, 3.8) is 0 Å². The Morgan fingerprint density at radius 1 is 1.04 bits per heavy atom. The van der Waals surface area contributed by atoms with Gasteiger partial charge in [0.15, 0.2) is 0 Å². The first-order valence-corrected chi connectivity index (χ1v) is 10.3. The predicted octanol–water partition coefficient (Wildman–Crippen LogP) is 2.16. The Morgan fingerprint density at radius 3 is 2.37 bits per heavy atom. The summed E-state index contributed by atoms with van der Waals surface area (Å²) in [4.78, 5) is 30.7. The molecule has 0 unspecified atom stereocenters. The fourth-order valence-electron chi connectivity index (χ4n) is 3.49. The first kappa shape index (κ1) is 20.2. The van der Waals surface area contributed by atoms with E-state index in [1.165, 1.54) is 6.07 Å². The number of carbonyl (C=O) groups is 2. The summed E-state index contributed by atoms with van der Waals surface area (Å²) in [6.07, 6.45) is 2.56. The van der Waals surface area contributed by atoms with E-state index in [2.05, 4.69) is 31.0 Å². The molecule has 0 saturated carbocycles. The van der Waals surface area contributed by atoms with Crippen LogP contribution in [0.15, 0.2) is 22.7 Å². The van der Waals surface area contributed by atoms with Gasteiger partial charge in [-0.25, -0.2) is 4.39 Å². The summed E-state index contributed by atoms with van der Waals surface area (Å²) in [6, 6.07) is 4.58. The van der Waals surface area contributed by atoms with Crippen LogP contribution in [0.1, 0.15) is 19.3 Å². The summed E-state index contributed by atoms with van der Waals surface area (Å²) in [6.45, 7) is 6.28. The quantitative estimate of drug-likeness (QED) is 0.736. The van der Waals surface area contributed by atoms with Gasteiger partial charge >= 0.3 is 0 Å². The SMILES string of the molecule is O=C(CCN1CCN(CC(=O)N2CCCC2)CC1)Nc1ccc(Br)cc1F. The molecule has 0 bridgehead atoms. The van der Waals surface area contributed by atoms with E-state index in [4.69, 9.17) is 0 Å². The molecular weight excluding hydrogens is 415 g/mol. The lowest BCUT2D eigenvalue weighted by molar-refractivity contribution is -0.131. The number of nitrogens with one attached hydrogen (secondary N) is 1. The Kier molecular flexibility index (Phi) is 7.20. The third-order valence-corrected chi connectivity index (χ3v) is 5.64. The Morgan fingerprint density at radius 2 is 1.70 bits per heavy atom. The molecule has 1 aromatic carbocycles. The summed E-state index contributed by atoms with van der Waals surface area (Å²) < 4.78 is 14.4. The van der Waals surface area contributed by atoms with Crippen molar-refractivity contribution in [2.75, 3.05) is 57.7 Å². The highest BCUT2D eigenvalue weighted by Gasteiger charge is 2.23. The number of rotatable bonds is 6. The van der Waals surface area contributed by atoms with Crippen LogP contribution in [-0.4, -0.2) is 78.9 Å². The van der Waals surface area contributed by atoms with Crippen LogP contribution in [0.5, 0.6) is 0 Å². The summed E-state index contributed by atoms with van der Waals surface area (Å²) in [7, 11) is 0. The fraction of sp³-hybridized carbons (Fsp3) is 0.579. The van der Waals surface area contributed by atoms with E-state index in [1.807, 2.05) is 4.90 Å². The Labute approximate surface area is 167 Å². The molecule has 8 heteroatoms. The van der Waals surface area contributed by atoms with Gasteiger partial charge in [0.1, 0.15) is 5.82 Å². The van der Waals surface area contributed by atoms with Crippen LogP contribution in [0, 0.1) is 5.82 Å². The first-order valence-electron chi connectivity index (χ1n) is 9.48. The normalized spacial score (nSPS) is 18.7. The molecule has 2 aliphatic heterocycles. The number of benzene rings is 1. The molecule has 2 aliphatic rings. The lowest BCUT2D eigenvalue weighted by atomic mass is 10.2. The molecule has 2 saturated heterocycles. The monoisotopic (exact) mass is 440 g/mol. The van der Waals surface area contributed by atoms with Crippen molar-refractivity contribution in [1.29, 1.82) is 0 Å². The van der Waals surface area contributed by atoms with Gasteiger partial charge in [-0.2, -0.15) is 0 Å². The lowest BCUT2D eigenvalue weighted by Gasteiger charge is -2.34. The molecular formula is C19H26BrFN4O2. The molecule has 0 aromatic heterocycles. The van der Waals surface area contributed by atoms with Crippen molar-refractivity contribution in [3.8, 4) is 0 Å². The smallest absolute Gasteiger partial charge is 0.236 e. The van der Waals surface area contributed by atoms with Gasteiger partial charge in [0, 0.05) is 56.7 Å². The molecule has 3 rings (SSSR count). The second-order valence-electron chi connectivity index (χ2n) is 7.13. The number of hydrogen-bond donors (Lipinski definition) is 1. The molecule has 2 amide bonds. The van der Waals surface area contributed by atoms with Gasteiger partial charge in [0.2, 0.25) is 11.8 Å². The maximum Gasteiger partial charge on any atom is 0.236 e. The van der Waals surface area contributed by atoms with Crippen molar-refractivity contribution < 1.29 is 14.0 Å². The highest BCUT2D eigenvalue weighted by Crippen LogP contribution is 2.19. The molecule has 1 aromatic rings.